The molecule has 1 aromatic carbocycles. The summed E-state index contributed by atoms with van der Waals surface area (Å²) in [5, 5.41) is 19.3. The van der Waals surface area contributed by atoms with E-state index in [-0.39, 0.29) is 30.3 Å². The Labute approximate surface area is 309 Å². The Morgan fingerprint density at radius 3 is 2.25 bits per heavy atom. The van der Waals surface area contributed by atoms with Crippen LogP contribution in [0, 0.1) is 24.7 Å². The second-order valence-corrected chi connectivity index (χ2v) is 14.5. The molecule has 1 aliphatic heterocycles. The number of ether oxygens (including phenoxy) is 1. The number of aryl methyl sites for hydroxylation is 1. The van der Waals surface area contributed by atoms with Gasteiger partial charge in [0, 0.05) is 31.9 Å². The fourth-order valence-electron chi connectivity index (χ4n) is 6.31. The maximum atomic E-state index is 14.3. The Kier molecular flexibility index (Phi) is 16.8. The number of urea groups is 1. The van der Waals surface area contributed by atoms with E-state index < -0.39 is 36.2 Å². The highest BCUT2D eigenvalue weighted by Crippen LogP contribution is 2.23. The van der Waals surface area contributed by atoms with Gasteiger partial charge in [-0.3, -0.25) is 20.0 Å². The van der Waals surface area contributed by atoms with Crippen molar-refractivity contribution < 1.29 is 29.0 Å². The fourth-order valence-corrected chi connectivity index (χ4v) is 6.31. The van der Waals surface area contributed by atoms with E-state index in [9.17, 15) is 24.3 Å². The van der Waals surface area contributed by atoms with Crippen molar-refractivity contribution >= 4 is 23.9 Å². The number of aromatic nitrogens is 1. The summed E-state index contributed by atoms with van der Waals surface area (Å²) in [6.07, 6.45) is 0.539. The number of amides is 5. The number of hydrazine groups is 1. The first-order valence-corrected chi connectivity index (χ1v) is 18.7. The number of hydrogen-bond acceptors (Lipinski definition) is 8. The number of benzene rings is 1. The van der Waals surface area contributed by atoms with E-state index in [2.05, 4.69) is 34.9 Å². The number of nitrogens with zero attached hydrogens (tertiary/aromatic N) is 4. The van der Waals surface area contributed by atoms with E-state index in [1.807, 2.05) is 83.1 Å². The molecule has 1 unspecified atom stereocenters. The second-order valence-electron chi connectivity index (χ2n) is 14.5. The highest BCUT2D eigenvalue weighted by Gasteiger charge is 2.41. The van der Waals surface area contributed by atoms with Crippen LogP contribution in [0.1, 0.15) is 77.8 Å². The van der Waals surface area contributed by atoms with Gasteiger partial charge in [0.25, 0.3) is 5.91 Å². The maximum Gasteiger partial charge on any atom is 0.407 e. The number of aliphatic hydroxyl groups is 1. The number of hydrogen-bond donors (Lipinski definition) is 4. The molecule has 0 saturated carbocycles. The van der Waals surface area contributed by atoms with E-state index in [1.54, 1.807) is 14.8 Å². The van der Waals surface area contributed by atoms with Crippen LogP contribution in [0.15, 0.2) is 48.5 Å². The molecule has 5 amide bonds. The molecule has 288 valence electrons. The summed E-state index contributed by atoms with van der Waals surface area (Å²) >= 11 is 0. The molecule has 2 heterocycles. The van der Waals surface area contributed by atoms with E-state index >= 15 is 0 Å². The third kappa shape index (κ3) is 12.5. The average Bonchev–Trinajstić information content (AvgIpc) is 3.47. The van der Waals surface area contributed by atoms with Crippen molar-refractivity contribution in [2.45, 2.75) is 105 Å². The highest BCUT2D eigenvalue weighted by atomic mass is 16.5. The predicted molar refractivity (Wildman–Crippen MR) is 201 cm³/mol. The molecule has 1 aliphatic rings. The van der Waals surface area contributed by atoms with Crippen LogP contribution in [0.3, 0.4) is 0 Å². The molecule has 13 heteroatoms. The number of rotatable bonds is 20. The Balaban J connectivity index is 1.85. The zero-order valence-corrected chi connectivity index (χ0v) is 32.3. The van der Waals surface area contributed by atoms with E-state index in [0.29, 0.717) is 51.4 Å². The standard InChI is InChI=1S/C39H61N7O6/c1-9-27(5)34(42-38(50)52-8)36(48)43-45(20-19-26(3)4)25-33(47)32(23-30-16-12-11-13-17-30)41-37(49)35(28(6)10-2)46-22-21-44(39(46)51)24-31-18-14-15-29(7)40-31/h11-18,26-28,32-35,47H,9-10,19-25H2,1-8H3,(H,41,49)(H,42,50)(H,43,48)/t27-,28-,32-,33-,34?,35-/m0/s1. The van der Waals surface area contributed by atoms with Crippen molar-refractivity contribution in [2.24, 2.45) is 17.8 Å². The van der Waals surface area contributed by atoms with Gasteiger partial charge in [-0.1, -0.05) is 90.8 Å². The Morgan fingerprint density at radius 2 is 1.63 bits per heavy atom. The van der Waals surface area contributed by atoms with E-state index in [0.717, 1.165) is 23.4 Å². The number of nitrogens with one attached hydrogen (secondary N) is 3. The first-order valence-electron chi connectivity index (χ1n) is 18.7. The van der Waals surface area contributed by atoms with Gasteiger partial charge in [0.05, 0.1) is 31.5 Å². The average molecular weight is 724 g/mol. The van der Waals surface area contributed by atoms with Crippen molar-refractivity contribution in [3.8, 4) is 0 Å². The van der Waals surface area contributed by atoms with Gasteiger partial charge in [0.2, 0.25) is 5.91 Å². The number of methoxy groups -OCH3 is 1. The smallest absolute Gasteiger partial charge is 0.407 e. The molecule has 2 aromatic rings. The summed E-state index contributed by atoms with van der Waals surface area (Å²) in [5.41, 5.74) is 5.51. The van der Waals surface area contributed by atoms with Crippen LogP contribution in [0.5, 0.6) is 0 Å². The summed E-state index contributed by atoms with van der Waals surface area (Å²) in [4.78, 5) is 61.7. The van der Waals surface area contributed by atoms with Crippen molar-refractivity contribution in [1.82, 2.24) is 35.9 Å². The highest BCUT2D eigenvalue weighted by molar-refractivity contribution is 5.88. The van der Waals surface area contributed by atoms with Gasteiger partial charge in [-0.25, -0.2) is 14.6 Å². The van der Waals surface area contributed by atoms with Crippen LogP contribution < -0.4 is 16.1 Å². The first-order chi connectivity index (χ1) is 24.8. The largest absolute Gasteiger partial charge is 0.453 e. The van der Waals surface area contributed by atoms with Crippen LogP contribution in [-0.2, 0) is 27.3 Å². The summed E-state index contributed by atoms with van der Waals surface area (Å²) < 4.78 is 4.77. The lowest BCUT2D eigenvalue weighted by Gasteiger charge is -2.35. The van der Waals surface area contributed by atoms with Crippen molar-refractivity contribution in [3.05, 3.63) is 65.5 Å². The monoisotopic (exact) mass is 723 g/mol. The first kappa shape index (κ1) is 42.2. The molecule has 1 aromatic heterocycles. The third-order valence-corrected chi connectivity index (χ3v) is 9.91. The molecular formula is C39H61N7O6. The molecule has 1 fully saturated rings. The van der Waals surface area contributed by atoms with E-state index in [4.69, 9.17) is 4.74 Å². The molecule has 52 heavy (non-hydrogen) atoms. The number of aliphatic hydroxyl groups excluding tert-OH is 1. The molecular weight excluding hydrogens is 662 g/mol. The summed E-state index contributed by atoms with van der Waals surface area (Å²) in [7, 11) is 1.25. The molecule has 1 saturated heterocycles. The van der Waals surface area contributed by atoms with Gasteiger partial charge in [0.1, 0.15) is 12.1 Å². The van der Waals surface area contributed by atoms with Crippen molar-refractivity contribution in [1.29, 1.82) is 0 Å². The maximum absolute atomic E-state index is 14.3. The van der Waals surface area contributed by atoms with Gasteiger partial charge in [0.15, 0.2) is 0 Å². The Hall–Kier alpha value is -4.23. The minimum Gasteiger partial charge on any atom is -0.453 e. The van der Waals surface area contributed by atoms with Crippen LogP contribution >= 0.6 is 0 Å². The number of carbonyl (C=O) groups is 4. The Bertz CT molecular complexity index is 1440. The topological polar surface area (TPSA) is 156 Å². The quantitative estimate of drug-likeness (QED) is 0.148. The lowest BCUT2D eigenvalue weighted by molar-refractivity contribution is -0.131. The minimum absolute atomic E-state index is 0.00953. The molecule has 0 radical (unpaired) electrons. The van der Waals surface area contributed by atoms with Crippen LogP contribution in [0.4, 0.5) is 9.59 Å². The van der Waals surface area contributed by atoms with Gasteiger partial charge in [-0.05, 0) is 55.2 Å². The van der Waals surface area contributed by atoms with Gasteiger partial charge in [-0.15, -0.1) is 0 Å². The second kappa shape index (κ2) is 20.7. The molecule has 0 spiro atoms. The lowest BCUT2D eigenvalue weighted by atomic mass is 9.95. The number of carbonyl (C=O) groups excluding carboxylic acids is 4. The third-order valence-electron chi connectivity index (χ3n) is 9.91. The fraction of sp³-hybridized carbons (Fsp3) is 0.615. The number of alkyl carbamates (subject to hydrolysis) is 1. The summed E-state index contributed by atoms with van der Waals surface area (Å²) in [6, 6.07) is 12.7. The van der Waals surface area contributed by atoms with Crippen LogP contribution in [0.2, 0.25) is 0 Å². The number of pyridine rings is 1. The lowest BCUT2D eigenvalue weighted by Crippen LogP contribution is -2.60. The SMILES string of the molecule is CC[C@H](C)C(NC(=O)OC)C(=O)NN(CCC(C)C)C[C@H](O)[C@H](Cc1ccccc1)NC(=O)[C@H]([C@@H](C)CC)N1CCN(Cc2cccc(C)n2)C1=O. The Morgan fingerprint density at radius 1 is 0.942 bits per heavy atom. The summed E-state index contributed by atoms with van der Waals surface area (Å²) in [6.45, 7) is 15.5. The van der Waals surface area contributed by atoms with Crippen molar-refractivity contribution in [3.63, 3.8) is 0 Å². The molecule has 3 rings (SSSR count). The normalized spacial score (nSPS) is 16.6. The van der Waals surface area contributed by atoms with Crippen molar-refractivity contribution in [2.75, 3.05) is 33.3 Å². The van der Waals surface area contributed by atoms with Crippen LogP contribution in [0.25, 0.3) is 0 Å². The van der Waals surface area contributed by atoms with Gasteiger partial charge in [-0.2, -0.15) is 0 Å². The predicted octanol–water partition coefficient (Wildman–Crippen LogP) is 4.28. The zero-order chi connectivity index (χ0) is 38.4. The van der Waals surface area contributed by atoms with E-state index in [1.165, 1.54) is 7.11 Å². The van der Waals surface area contributed by atoms with Crippen LogP contribution in [-0.4, -0.2) is 106 Å². The molecule has 0 bridgehead atoms. The van der Waals surface area contributed by atoms with Gasteiger partial charge < -0.3 is 30.3 Å². The minimum atomic E-state index is -1.11. The molecule has 0 aliphatic carbocycles. The van der Waals surface area contributed by atoms with Gasteiger partial charge >= 0.3 is 12.1 Å². The molecule has 13 nitrogen and oxygen atoms in total. The summed E-state index contributed by atoms with van der Waals surface area (Å²) in [5.74, 6) is -0.789. The molecule has 6 atom stereocenters. The zero-order valence-electron chi connectivity index (χ0n) is 32.3. The molecule has 4 N–H and O–H groups in total.